The third kappa shape index (κ3) is 7.29. The molecule has 0 atom stereocenters. The van der Waals surface area contributed by atoms with E-state index >= 15 is 0 Å². The van der Waals surface area contributed by atoms with Gasteiger partial charge in [0.05, 0.1) is 13.7 Å². The second-order valence-electron chi connectivity index (χ2n) is 7.54. The summed E-state index contributed by atoms with van der Waals surface area (Å²) in [7, 11) is 1.42. The minimum Gasteiger partial charge on any atom is -0.493 e. The second kappa shape index (κ2) is 12.3. The van der Waals surface area contributed by atoms with Gasteiger partial charge in [0.15, 0.2) is 11.5 Å². The fourth-order valence-corrected chi connectivity index (χ4v) is 3.24. The average Bonchev–Trinajstić information content (AvgIpc) is 2.85. The number of hydrogen-bond donors (Lipinski definition) is 3. The molecule has 3 N–H and O–H groups in total. The van der Waals surface area contributed by atoms with Crippen LogP contribution in [0.5, 0.6) is 11.5 Å². The average molecular weight is 503 g/mol. The molecule has 0 bridgehead atoms. The van der Waals surface area contributed by atoms with Gasteiger partial charge in [-0.25, -0.2) is 22.8 Å². The van der Waals surface area contributed by atoms with E-state index in [2.05, 4.69) is 10.6 Å². The molecule has 8 nitrogen and oxygen atoms in total. The van der Waals surface area contributed by atoms with Crippen LogP contribution in [-0.2, 0) is 13.2 Å². The number of urea groups is 1. The molecule has 0 aliphatic rings. The molecule has 0 heterocycles. The minimum atomic E-state index is -1.21. The van der Waals surface area contributed by atoms with Crippen molar-refractivity contribution in [3.05, 3.63) is 89.2 Å². The summed E-state index contributed by atoms with van der Waals surface area (Å²) in [5, 5.41) is 13.4. The summed E-state index contributed by atoms with van der Waals surface area (Å²) in [5.74, 6) is -1.26. The Hall–Kier alpha value is -4.41. The number of carbonyl (C=O) groups excluding carboxylic acids is 1. The highest BCUT2D eigenvalue weighted by Gasteiger charge is 2.18. The Morgan fingerprint density at radius 2 is 1.58 bits per heavy atom. The van der Waals surface area contributed by atoms with E-state index in [4.69, 9.17) is 14.6 Å². The van der Waals surface area contributed by atoms with Crippen molar-refractivity contribution in [3.63, 3.8) is 0 Å². The smallest absolute Gasteiger partial charge is 0.404 e. The maximum Gasteiger partial charge on any atom is 0.404 e. The number of methoxy groups -OCH3 is 1. The number of amides is 3. The van der Waals surface area contributed by atoms with E-state index in [1.807, 2.05) is 0 Å². The molecule has 190 valence electrons. The van der Waals surface area contributed by atoms with Crippen LogP contribution in [-0.4, -0.2) is 37.4 Å². The van der Waals surface area contributed by atoms with Crippen molar-refractivity contribution in [1.29, 1.82) is 0 Å². The molecule has 0 aliphatic heterocycles. The predicted molar refractivity (Wildman–Crippen MR) is 126 cm³/mol. The Bertz CT molecular complexity index is 1210. The summed E-state index contributed by atoms with van der Waals surface area (Å²) in [6.07, 6.45) is -1.21. The summed E-state index contributed by atoms with van der Waals surface area (Å²) in [5.41, 5.74) is 1.21. The number of anilines is 1. The fourth-order valence-electron chi connectivity index (χ4n) is 3.24. The van der Waals surface area contributed by atoms with E-state index in [1.165, 1.54) is 42.3 Å². The van der Waals surface area contributed by atoms with Gasteiger partial charge in [0.2, 0.25) is 0 Å². The number of nitrogens with zero attached hydrogens (tertiary/aromatic N) is 1. The Morgan fingerprint density at radius 3 is 2.25 bits per heavy atom. The molecule has 0 saturated carbocycles. The fraction of sp³-hybridized carbons (Fsp3) is 0.200. The highest BCUT2D eigenvalue weighted by atomic mass is 19.1. The molecule has 0 aliphatic carbocycles. The lowest BCUT2D eigenvalue weighted by Crippen LogP contribution is -2.42. The van der Waals surface area contributed by atoms with Gasteiger partial charge >= 0.3 is 12.1 Å². The van der Waals surface area contributed by atoms with Crippen molar-refractivity contribution < 1.29 is 37.3 Å². The SMILES string of the molecule is COc1cc(CN(C(=O)NCCNC(=O)O)c2ccc(F)cc2)ccc1OCc1ccc(F)cc1F. The van der Waals surface area contributed by atoms with E-state index in [9.17, 15) is 22.8 Å². The number of carbonyl (C=O) groups is 2. The molecule has 11 heteroatoms. The van der Waals surface area contributed by atoms with E-state index in [-0.39, 0.29) is 31.8 Å². The summed E-state index contributed by atoms with van der Waals surface area (Å²) < 4.78 is 51.5. The number of carboxylic acid groups (broad SMARTS) is 1. The van der Waals surface area contributed by atoms with Crippen molar-refractivity contribution >= 4 is 17.8 Å². The maximum absolute atomic E-state index is 13.9. The molecule has 0 aromatic heterocycles. The van der Waals surface area contributed by atoms with E-state index < -0.39 is 29.6 Å². The van der Waals surface area contributed by atoms with Crippen molar-refractivity contribution in [2.75, 3.05) is 25.1 Å². The van der Waals surface area contributed by atoms with Crippen molar-refractivity contribution in [2.24, 2.45) is 0 Å². The van der Waals surface area contributed by atoms with Crippen LogP contribution in [0.15, 0.2) is 60.7 Å². The number of benzene rings is 3. The van der Waals surface area contributed by atoms with E-state index in [0.717, 1.165) is 12.1 Å². The quantitative estimate of drug-likeness (QED) is 0.349. The lowest BCUT2D eigenvalue weighted by Gasteiger charge is -2.24. The lowest BCUT2D eigenvalue weighted by atomic mass is 10.1. The monoisotopic (exact) mass is 503 g/mol. The molecule has 0 radical (unpaired) electrons. The Balaban J connectivity index is 1.75. The first-order chi connectivity index (χ1) is 17.3. The van der Waals surface area contributed by atoms with Gasteiger partial charge in [0.25, 0.3) is 0 Å². The molecule has 3 aromatic carbocycles. The Labute approximate surface area is 205 Å². The predicted octanol–water partition coefficient (Wildman–Crippen LogP) is 4.68. The molecule has 0 fully saturated rings. The van der Waals surface area contributed by atoms with Gasteiger partial charge in [0, 0.05) is 30.4 Å². The largest absolute Gasteiger partial charge is 0.493 e. The Kier molecular flexibility index (Phi) is 8.98. The summed E-state index contributed by atoms with van der Waals surface area (Å²) in [6, 6.07) is 12.9. The molecule has 0 unspecified atom stereocenters. The molecule has 0 spiro atoms. The molecule has 3 amide bonds. The first-order valence-electron chi connectivity index (χ1n) is 10.8. The number of halogens is 3. The highest BCUT2D eigenvalue weighted by Crippen LogP contribution is 2.30. The van der Waals surface area contributed by atoms with Gasteiger partial charge < -0.3 is 25.2 Å². The van der Waals surface area contributed by atoms with E-state index in [0.29, 0.717) is 22.7 Å². The van der Waals surface area contributed by atoms with Gasteiger partial charge in [0.1, 0.15) is 24.1 Å². The third-order valence-electron chi connectivity index (χ3n) is 5.03. The third-order valence-corrected chi connectivity index (χ3v) is 5.03. The van der Waals surface area contributed by atoms with Gasteiger partial charge in [-0.3, -0.25) is 4.90 Å². The number of rotatable bonds is 10. The Morgan fingerprint density at radius 1 is 0.889 bits per heavy atom. The van der Waals surface area contributed by atoms with Crippen LogP contribution in [0.1, 0.15) is 11.1 Å². The van der Waals surface area contributed by atoms with Crippen molar-refractivity contribution in [3.8, 4) is 11.5 Å². The topological polar surface area (TPSA) is 100 Å². The van der Waals surface area contributed by atoms with Crippen LogP contribution < -0.4 is 25.0 Å². The number of ether oxygens (including phenoxy) is 2. The molecule has 3 aromatic rings. The summed E-state index contributed by atoms with van der Waals surface area (Å²) in [4.78, 5) is 24.8. The van der Waals surface area contributed by atoms with Gasteiger partial charge in [-0.2, -0.15) is 0 Å². The first-order valence-corrected chi connectivity index (χ1v) is 10.8. The van der Waals surface area contributed by atoms with Crippen LogP contribution in [0.4, 0.5) is 28.4 Å². The van der Waals surface area contributed by atoms with Crippen molar-refractivity contribution in [1.82, 2.24) is 10.6 Å². The molecule has 36 heavy (non-hydrogen) atoms. The van der Waals surface area contributed by atoms with E-state index in [1.54, 1.807) is 18.2 Å². The van der Waals surface area contributed by atoms with Crippen molar-refractivity contribution in [2.45, 2.75) is 13.2 Å². The normalized spacial score (nSPS) is 10.4. The van der Waals surface area contributed by atoms with Crippen LogP contribution in [0.2, 0.25) is 0 Å². The van der Waals surface area contributed by atoms with Crippen LogP contribution in [0.3, 0.4) is 0 Å². The van der Waals surface area contributed by atoms with Gasteiger partial charge in [-0.05, 0) is 54.1 Å². The zero-order chi connectivity index (χ0) is 26.1. The van der Waals surface area contributed by atoms with Gasteiger partial charge in [-0.1, -0.05) is 6.07 Å². The number of hydrogen-bond acceptors (Lipinski definition) is 4. The highest BCUT2D eigenvalue weighted by molar-refractivity contribution is 5.91. The molecule has 0 saturated heterocycles. The molecular weight excluding hydrogens is 479 g/mol. The number of nitrogens with one attached hydrogen (secondary N) is 2. The van der Waals surface area contributed by atoms with Crippen LogP contribution >= 0.6 is 0 Å². The standard InChI is InChI=1S/C25H24F3N3O5/c1-35-23-12-16(2-9-22(23)36-15-17-3-4-19(27)13-21(17)28)14-31(20-7-5-18(26)6-8-20)24(32)29-10-11-30-25(33)34/h2-9,12-13,30H,10-11,14-15H2,1H3,(H,29,32)(H,33,34). The molecule has 3 rings (SSSR count). The molecular formula is C25H24F3N3O5. The maximum atomic E-state index is 13.9. The second-order valence-corrected chi connectivity index (χ2v) is 7.54. The summed E-state index contributed by atoms with van der Waals surface area (Å²) >= 11 is 0. The van der Waals surface area contributed by atoms with Gasteiger partial charge in [-0.15, -0.1) is 0 Å². The minimum absolute atomic E-state index is 0.00679. The first kappa shape index (κ1) is 26.2. The summed E-state index contributed by atoms with van der Waals surface area (Å²) in [6.45, 7) is -0.0466. The van der Waals surface area contributed by atoms with Crippen LogP contribution in [0.25, 0.3) is 0 Å². The lowest BCUT2D eigenvalue weighted by molar-refractivity contribution is 0.194. The van der Waals surface area contributed by atoms with Crippen LogP contribution in [0, 0.1) is 17.5 Å². The zero-order valence-electron chi connectivity index (χ0n) is 19.3. The zero-order valence-corrected chi connectivity index (χ0v) is 19.3.